The van der Waals surface area contributed by atoms with Crippen molar-refractivity contribution in [3.05, 3.63) is 182 Å². The Morgan fingerprint density at radius 2 is 0.847 bits per heavy atom. The van der Waals surface area contributed by atoms with Gasteiger partial charge in [-0.1, -0.05) is 115 Å². The fraction of sp³-hybridized carbons (Fsp3) is 0. The second-order valence-electron chi connectivity index (χ2n) is 15.6. The number of para-hydroxylation sites is 2. The van der Waals surface area contributed by atoms with Crippen molar-refractivity contribution in [3.8, 4) is 22.5 Å². The van der Waals surface area contributed by atoms with Gasteiger partial charge in [0.2, 0.25) is 0 Å². The number of benzene rings is 9. The van der Waals surface area contributed by atoms with Gasteiger partial charge in [-0.2, -0.15) is 0 Å². The van der Waals surface area contributed by atoms with Gasteiger partial charge >= 0.3 is 0 Å². The number of fused-ring (bicyclic) bond motifs is 17. The molecule has 0 radical (unpaired) electrons. The van der Waals surface area contributed by atoms with E-state index < -0.39 is 0 Å². The van der Waals surface area contributed by atoms with Crippen LogP contribution in [0.1, 0.15) is 0 Å². The van der Waals surface area contributed by atoms with Crippen LogP contribution in [0.4, 0.5) is 0 Å². The van der Waals surface area contributed by atoms with E-state index in [0.717, 1.165) is 54.9 Å². The first-order chi connectivity index (χ1) is 29.3. The molecule has 5 heteroatoms. The molecule has 5 heterocycles. The van der Waals surface area contributed by atoms with Gasteiger partial charge in [-0.05, 0) is 77.9 Å². The third kappa shape index (κ3) is 4.25. The van der Waals surface area contributed by atoms with E-state index in [4.69, 9.17) is 4.42 Å². The fourth-order valence-electron chi connectivity index (χ4n) is 10.0. The Bertz CT molecular complexity index is 4080. The van der Waals surface area contributed by atoms with Crippen LogP contribution in [0.25, 0.3) is 128 Å². The normalized spacial score (nSPS) is 12.4. The summed E-state index contributed by atoms with van der Waals surface area (Å²) in [6, 6.07) is 66.6. The second-order valence-corrected chi connectivity index (χ2v) is 17.7. The molecule has 14 aromatic rings. The number of hydrogen-bond donors (Lipinski definition) is 0. The summed E-state index contributed by atoms with van der Waals surface area (Å²) < 4.78 is 17.3. The molecular weight excluding hydrogens is 757 g/mol. The molecule has 0 aliphatic heterocycles. The monoisotopic (exact) mass is 786 g/mol. The first kappa shape index (κ1) is 31.9. The maximum Gasteiger partial charge on any atom is 0.145 e. The summed E-state index contributed by atoms with van der Waals surface area (Å²) in [5.74, 6) is 0. The second kappa shape index (κ2) is 11.7. The minimum atomic E-state index is 0.927. The van der Waals surface area contributed by atoms with E-state index in [0.29, 0.717) is 0 Å². The van der Waals surface area contributed by atoms with Gasteiger partial charge in [0.1, 0.15) is 11.2 Å². The summed E-state index contributed by atoms with van der Waals surface area (Å²) in [7, 11) is 0. The number of nitrogens with zero attached hydrogens (tertiary/aromatic N) is 2. The Labute approximate surface area is 344 Å². The van der Waals surface area contributed by atoms with Crippen molar-refractivity contribution in [2.24, 2.45) is 0 Å². The molecule has 9 aromatic carbocycles. The van der Waals surface area contributed by atoms with E-state index in [2.05, 4.69) is 191 Å². The lowest BCUT2D eigenvalue weighted by Gasteiger charge is -2.10. The van der Waals surface area contributed by atoms with Crippen LogP contribution in [-0.2, 0) is 0 Å². The van der Waals surface area contributed by atoms with Crippen LogP contribution < -0.4 is 0 Å². The molecule has 3 nitrogen and oxygen atoms in total. The van der Waals surface area contributed by atoms with Crippen LogP contribution in [-0.4, -0.2) is 9.13 Å². The highest BCUT2D eigenvalue weighted by Gasteiger charge is 2.23. The summed E-state index contributed by atoms with van der Waals surface area (Å²) in [5, 5.41) is 12.2. The van der Waals surface area contributed by atoms with Crippen LogP contribution >= 0.6 is 22.7 Å². The van der Waals surface area contributed by atoms with E-state index in [1.807, 2.05) is 22.7 Å². The Balaban J connectivity index is 0.989. The summed E-state index contributed by atoms with van der Waals surface area (Å²) in [5.41, 5.74) is 11.3. The van der Waals surface area contributed by atoms with Gasteiger partial charge < -0.3 is 13.6 Å². The van der Waals surface area contributed by atoms with Gasteiger partial charge in [-0.15, -0.1) is 22.7 Å². The number of thiophene rings is 2. The zero-order valence-electron chi connectivity index (χ0n) is 31.4. The van der Waals surface area contributed by atoms with Crippen molar-refractivity contribution in [3.63, 3.8) is 0 Å². The zero-order chi connectivity index (χ0) is 38.3. The molecule has 0 saturated carbocycles. The smallest absolute Gasteiger partial charge is 0.145 e. The van der Waals surface area contributed by atoms with E-state index in [9.17, 15) is 0 Å². The maximum atomic E-state index is 7.25. The summed E-state index contributed by atoms with van der Waals surface area (Å²) in [6.45, 7) is 0. The summed E-state index contributed by atoms with van der Waals surface area (Å²) in [4.78, 5) is 0. The van der Waals surface area contributed by atoms with Crippen molar-refractivity contribution in [1.29, 1.82) is 0 Å². The van der Waals surface area contributed by atoms with E-state index >= 15 is 0 Å². The van der Waals surface area contributed by atoms with E-state index in [1.165, 1.54) is 73.4 Å². The number of hydrogen-bond acceptors (Lipinski definition) is 3. The van der Waals surface area contributed by atoms with Gasteiger partial charge in [-0.3, -0.25) is 0 Å². The molecule has 0 bridgehead atoms. The SMILES string of the molecule is c1ccc2c(c1)sc1c(-c3ccc(-n4c5ccccc5c5c6oc7c(ccc8c7c7ccccc7n8-c7cccc8c7sc7ccccc78)c6ccc54)cc3)cccc12. The minimum absolute atomic E-state index is 0.927. The zero-order valence-corrected chi connectivity index (χ0v) is 33.1. The molecule has 0 amide bonds. The van der Waals surface area contributed by atoms with Crippen LogP contribution in [0.2, 0.25) is 0 Å². The van der Waals surface area contributed by atoms with Crippen molar-refractivity contribution >= 4 is 129 Å². The summed E-state index contributed by atoms with van der Waals surface area (Å²) in [6.07, 6.45) is 0. The fourth-order valence-corrected chi connectivity index (χ4v) is 12.5. The van der Waals surface area contributed by atoms with Crippen LogP contribution in [0, 0.1) is 0 Å². The van der Waals surface area contributed by atoms with Gasteiger partial charge in [0, 0.05) is 62.9 Å². The highest BCUT2D eigenvalue weighted by molar-refractivity contribution is 7.26. The average Bonchev–Trinajstić information content (AvgIpc) is 4.10. The molecule has 0 aliphatic carbocycles. The molecule has 0 saturated heterocycles. The van der Waals surface area contributed by atoms with Gasteiger partial charge in [0.25, 0.3) is 0 Å². The van der Waals surface area contributed by atoms with Gasteiger partial charge in [-0.25, -0.2) is 0 Å². The lowest BCUT2D eigenvalue weighted by atomic mass is 10.0. The summed E-state index contributed by atoms with van der Waals surface area (Å²) >= 11 is 3.75. The molecule has 0 atom stereocenters. The van der Waals surface area contributed by atoms with Crippen LogP contribution in [0.5, 0.6) is 0 Å². The molecular formula is C54H30N2OS2. The number of furan rings is 1. The molecule has 0 spiro atoms. The maximum absolute atomic E-state index is 7.25. The first-order valence-corrected chi connectivity index (χ1v) is 21.6. The molecule has 274 valence electrons. The predicted octanol–water partition coefficient (Wildman–Crippen LogP) is 16.2. The van der Waals surface area contributed by atoms with Crippen molar-refractivity contribution in [2.75, 3.05) is 0 Å². The molecule has 14 rings (SSSR count). The lowest BCUT2D eigenvalue weighted by molar-refractivity contribution is 0.677. The minimum Gasteiger partial charge on any atom is -0.455 e. The van der Waals surface area contributed by atoms with Gasteiger partial charge in [0.15, 0.2) is 0 Å². The molecule has 0 N–H and O–H groups in total. The quantitative estimate of drug-likeness (QED) is 0.175. The first-order valence-electron chi connectivity index (χ1n) is 20.0. The van der Waals surface area contributed by atoms with E-state index in [-0.39, 0.29) is 0 Å². The number of aromatic nitrogens is 2. The van der Waals surface area contributed by atoms with Crippen molar-refractivity contribution < 1.29 is 4.42 Å². The van der Waals surface area contributed by atoms with E-state index in [1.54, 1.807) is 0 Å². The topological polar surface area (TPSA) is 23.0 Å². The van der Waals surface area contributed by atoms with Crippen LogP contribution in [0.15, 0.2) is 186 Å². The Morgan fingerprint density at radius 3 is 1.51 bits per heavy atom. The molecule has 59 heavy (non-hydrogen) atoms. The molecule has 0 aliphatic rings. The third-order valence-corrected chi connectivity index (χ3v) is 15.0. The number of rotatable bonds is 3. The van der Waals surface area contributed by atoms with Crippen LogP contribution in [0.3, 0.4) is 0 Å². The standard InChI is InChI=1S/C54H30N2OS2/c1-5-18-42-40(13-1)49-44(55(42)32-25-23-31(24-26-32)33-15-9-16-38-34-11-3-7-21-47(34)58-53(33)38)29-27-36-37-28-30-45-50(52(37)57-51(36)49)41-14-2-6-19-43(41)56(45)46-20-10-17-39-35-12-4-8-22-48(35)59-54(39)46/h1-30H. The van der Waals surface area contributed by atoms with Gasteiger partial charge in [0.05, 0.1) is 43.2 Å². The highest BCUT2D eigenvalue weighted by Crippen LogP contribution is 2.47. The predicted molar refractivity (Wildman–Crippen MR) is 254 cm³/mol. The van der Waals surface area contributed by atoms with Crippen molar-refractivity contribution in [2.45, 2.75) is 0 Å². The molecule has 0 fully saturated rings. The highest BCUT2D eigenvalue weighted by atomic mass is 32.1. The third-order valence-electron chi connectivity index (χ3n) is 12.5. The Hall–Kier alpha value is -7.18. The largest absolute Gasteiger partial charge is 0.455 e. The molecule has 5 aromatic heterocycles. The molecule has 0 unspecified atom stereocenters. The Kier molecular flexibility index (Phi) is 6.32. The average molecular weight is 787 g/mol. The van der Waals surface area contributed by atoms with Crippen molar-refractivity contribution in [1.82, 2.24) is 9.13 Å². The Morgan fingerprint density at radius 1 is 0.339 bits per heavy atom. The lowest BCUT2D eigenvalue weighted by Crippen LogP contribution is -1.93.